The molecule has 3 atom stereocenters. The maximum absolute atomic E-state index is 12.0. The van der Waals surface area contributed by atoms with E-state index in [-0.39, 0.29) is 24.0 Å². The Morgan fingerprint density at radius 2 is 2.11 bits per heavy atom. The number of nitrogens with one attached hydrogen (secondary N) is 2. The Morgan fingerprint density at radius 3 is 2.72 bits per heavy atom. The number of hydrogen-bond donors (Lipinski definition) is 2. The summed E-state index contributed by atoms with van der Waals surface area (Å²) in [7, 11) is 1.84. The molecule has 6 heteroatoms. The van der Waals surface area contributed by atoms with Gasteiger partial charge in [-0.15, -0.1) is 0 Å². The Labute approximate surface area is 107 Å². The molecule has 0 bridgehead atoms. The Hall–Kier alpha value is -0.690. The first-order chi connectivity index (χ1) is 8.52. The van der Waals surface area contributed by atoms with Gasteiger partial charge in [-0.25, -0.2) is 0 Å². The highest BCUT2D eigenvalue weighted by molar-refractivity contribution is 5.79. The first-order valence-corrected chi connectivity index (χ1v) is 6.36. The topological polar surface area (TPSA) is 68.8 Å². The van der Waals surface area contributed by atoms with E-state index < -0.39 is 5.79 Å². The maximum atomic E-state index is 12.0. The summed E-state index contributed by atoms with van der Waals surface area (Å²) in [6.45, 7) is 5.81. The molecule has 2 aliphatic rings. The van der Waals surface area contributed by atoms with Crippen LogP contribution in [0.4, 0.5) is 0 Å². The van der Waals surface area contributed by atoms with E-state index in [1.807, 2.05) is 20.9 Å². The Balaban J connectivity index is 1.75. The van der Waals surface area contributed by atoms with E-state index in [9.17, 15) is 4.79 Å². The van der Waals surface area contributed by atoms with Crippen molar-refractivity contribution in [1.29, 1.82) is 0 Å². The largest absolute Gasteiger partial charge is 0.379 e. The van der Waals surface area contributed by atoms with Crippen molar-refractivity contribution in [2.75, 3.05) is 33.4 Å². The van der Waals surface area contributed by atoms with E-state index in [0.29, 0.717) is 26.4 Å². The van der Waals surface area contributed by atoms with Crippen LogP contribution in [0.15, 0.2) is 0 Å². The Morgan fingerprint density at radius 1 is 1.33 bits per heavy atom. The zero-order chi connectivity index (χ0) is 13.2. The van der Waals surface area contributed by atoms with Gasteiger partial charge in [0.05, 0.1) is 25.7 Å². The van der Waals surface area contributed by atoms with Gasteiger partial charge in [0.15, 0.2) is 5.79 Å². The van der Waals surface area contributed by atoms with Gasteiger partial charge in [-0.1, -0.05) is 0 Å². The highest BCUT2D eigenvalue weighted by Gasteiger charge is 2.35. The SMILES string of the molecule is CNC1COCC1C(=O)NCC1COC(C)(C)O1. The Bertz CT molecular complexity index is 308. The second kappa shape index (κ2) is 5.52. The fourth-order valence-electron chi connectivity index (χ4n) is 2.31. The standard InChI is InChI=1S/C12H22N2O4/c1-12(2)17-5-8(18-12)4-14-11(15)9-6-16-7-10(9)13-3/h8-10,13H,4-7H2,1-3H3,(H,14,15). The molecule has 0 aliphatic carbocycles. The lowest BCUT2D eigenvalue weighted by molar-refractivity contribution is -0.140. The van der Waals surface area contributed by atoms with Crippen LogP contribution in [0, 0.1) is 5.92 Å². The van der Waals surface area contributed by atoms with Crippen LogP contribution in [0.3, 0.4) is 0 Å². The highest BCUT2D eigenvalue weighted by atomic mass is 16.7. The number of carbonyl (C=O) groups excluding carboxylic acids is 1. The van der Waals surface area contributed by atoms with E-state index in [2.05, 4.69) is 10.6 Å². The van der Waals surface area contributed by atoms with Crippen molar-refractivity contribution in [3.63, 3.8) is 0 Å². The summed E-state index contributed by atoms with van der Waals surface area (Å²) >= 11 is 0. The van der Waals surface area contributed by atoms with Crippen LogP contribution >= 0.6 is 0 Å². The predicted octanol–water partition coefficient (Wildman–Crippen LogP) is -0.511. The number of ether oxygens (including phenoxy) is 3. The molecule has 3 unspecified atom stereocenters. The van der Waals surface area contributed by atoms with Crippen molar-refractivity contribution in [1.82, 2.24) is 10.6 Å². The quantitative estimate of drug-likeness (QED) is 0.711. The van der Waals surface area contributed by atoms with E-state index in [0.717, 1.165) is 0 Å². The zero-order valence-electron chi connectivity index (χ0n) is 11.2. The first-order valence-electron chi connectivity index (χ1n) is 6.36. The molecule has 0 aromatic heterocycles. The highest BCUT2D eigenvalue weighted by Crippen LogP contribution is 2.22. The van der Waals surface area contributed by atoms with E-state index in [1.165, 1.54) is 0 Å². The number of hydrogen-bond acceptors (Lipinski definition) is 5. The van der Waals surface area contributed by atoms with Crippen LogP contribution in [-0.4, -0.2) is 57.3 Å². The van der Waals surface area contributed by atoms with Gasteiger partial charge in [0.1, 0.15) is 6.10 Å². The number of amides is 1. The molecule has 2 fully saturated rings. The first kappa shape index (κ1) is 13.7. The van der Waals surface area contributed by atoms with E-state index in [4.69, 9.17) is 14.2 Å². The molecule has 6 nitrogen and oxygen atoms in total. The molecular formula is C12H22N2O4. The van der Waals surface area contributed by atoms with Crippen LogP contribution in [-0.2, 0) is 19.0 Å². The van der Waals surface area contributed by atoms with Gasteiger partial charge in [-0.05, 0) is 20.9 Å². The summed E-state index contributed by atoms with van der Waals surface area (Å²) in [5, 5.41) is 6.00. The van der Waals surface area contributed by atoms with Crippen LogP contribution in [0.5, 0.6) is 0 Å². The molecular weight excluding hydrogens is 236 g/mol. The van der Waals surface area contributed by atoms with Crippen LogP contribution < -0.4 is 10.6 Å². The van der Waals surface area contributed by atoms with Gasteiger partial charge in [0.2, 0.25) is 5.91 Å². The van der Waals surface area contributed by atoms with Gasteiger partial charge in [-0.2, -0.15) is 0 Å². The monoisotopic (exact) mass is 258 g/mol. The van der Waals surface area contributed by atoms with Crippen molar-refractivity contribution >= 4 is 5.91 Å². The summed E-state index contributed by atoms with van der Waals surface area (Å²) in [6, 6.07) is 0.0992. The minimum Gasteiger partial charge on any atom is -0.379 e. The van der Waals surface area contributed by atoms with E-state index >= 15 is 0 Å². The molecule has 0 saturated carbocycles. The molecule has 2 heterocycles. The normalized spacial score (nSPS) is 34.7. The molecule has 2 rings (SSSR count). The summed E-state index contributed by atoms with van der Waals surface area (Å²) in [5.74, 6) is -0.648. The lowest BCUT2D eigenvalue weighted by Crippen LogP contribution is -2.45. The van der Waals surface area contributed by atoms with Gasteiger partial charge in [0, 0.05) is 12.6 Å². The van der Waals surface area contributed by atoms with Gasteiger partial charge in [0.25, 0.3) is 0 Å². The van der Waals surface area contributed by atoms with Crippen LogP contribution in [0.25, 0.3) is 0 Å². The number of rotatable bonds is 4. The molecule has 0 spiro atoms. The smallest absolute Gasteiger partial charge is 0.227 e. The minimum atomic E-state index is -0.542. The number of carbonyl (C=O) groups is 1. The summed E-state index contributed by atoms with van der Waals surface area (Å²) < 4.78 is 16.4. The molecule has 2 saturated heterocycles. The summed E-state index contributed by atoms with van der Waals surface area (Å²) in [6.07, 6.45) is -0.0701. The van der Waals surface area contributed by atoms with E-state index in [1.54, 1.807) is 0 Å². The fourth-order valence-corrected chi connectivity index (χ4v) is 2.31. The third-order valence-electron chi connectivity index (χ3n) is 3.36. The third kappa shape index (κ3) is 3.20. The van der Waals surface area contributed by atoms with Gasteiger partial charge in [-0.3, -0.25) is 4.79 Å². The average Bonchev–Trinajstić information content (AvgIpc) is 2.92. The second-order valence-corrected chi connectivity index (χ2v) is 5.23. The summed E-state index contributed by atoms with van der Waals surface area (Å²) in [5.41, 5.74) is 0. The zero-order valence-corrected chi connectivity index (χ0v) is 11.2. The van der Waals surface area contributed by atoms with Gasteiger partial charge >= 0.3 is 0 Å². The third-order valence-corrected chi connectivity index (χ3v) is 3.36. The van der Waals surface area contributed by atoms with Crippen molar-refractivity contribution in [3.8, 4) is 0 Å². The lowest BCUT2D eigenvalue weighted by atomic mass is 10.0. The fraction of sp³-hybridized carbons (Fsp3) is 0.917. The summed E-state index contributed by atoms with van der Waals surface area (Å²) in [4.78, 5) is 12.0. The van der Waals surface area contributed by atoms with Crippen LogP contribution in [0.1, 0.15) is 13.8 Å². The average molecular weight is 258 g/mol. The second-order valence-electron chi connectivity index (χ2n) is 5.23. The molecule has 0 radical (unpaired) electrons. The molecule has 18 heavy (non-hydrogen) atoms. The van der Waals surface area contributed by atoms with Crippen LogP contribution in [0.2, 0.25) is 0 Å². The molecule has 104 valence electrons. The van der Waals surface area contributed by atoms with Crippen molar-refractivity contribution < 1.29 is 19.0 Å². The van der Waals surface area contributed by atoms with Gasteiger partial charge < -0.3 is 24.8 Å². The molecule has 1 amide bonds. The minimum absolute atomic E-state index is 0.0140. The molecule has 0 aromatic rings. The molecule has 2 N–H and O–H groups in total. The molecule has 0 aromatic carbocycles. The van der Waals surface area contributed by atoms with Crippen molar-refractivity contribution in [2.45, 2.75) is 31.8 Å². The predicted molar refractivity (Wildman–Crippen MR) is 65.1 cm³/mol. The Kier molecular flexibility index (Phi) is 4.21. The van der Waals surface area contributed by atoms with Crippen molar-refractivity contribution in [3.05, 3.63) is 0 Å². The van der Waals surface area contributed by atoms with Crippen molar-refractivity contribution in [2.24, 2.45) is 5.92 Å². The molecule has 2 aliphatic heterocycles. The number of likely N-dealkylation sites (N-methyl/N-ethyl adjacent to an activating group) is 1. The lowest BCUT2D eigenvalue weighted by Gasteiger charge is -2.19. The maximum Gasteiger partial charge on any atom is 0.227 e.